The van der Waals surface area contributed by atoms with Gasteiger partial charge in [-0.3, -0.25) is 9.59 Å². The number of rotatable bonds is 70. The van der Waals surface area contributed by atoms with Crippen LogP contribution in [0.15, 0.2) is 48.6 Å². The predicted molar refractivity (Wildman–Crippen MR) is 366 cm³/mol. The summed E-state index contributed by atoms with van der Waals surface area (Å²) in [6, 6.07) is -0.627. The molecule has 0 spiro atoms. The summed E-state index contributed by atoms with van der Waals surface area (Å²) >= 11 is 0. The summed E-state index contributed by atoms with van der Waals surface area (Å²) < 4.78 is 5.47. The molecule has 6 nitrogen and oxygen atoms in total. The van der Waals surface area contributed by atoms with Gasteiger partial charge in [0.1, 0.15) is 0 Å². The van der Waals surface area contributed by atoms with Crippen LogP contribution >= 0.6 is 0 Å². The van der Waals surface area contributed by atoms with E-state index < -0.39 is 12.1 Å². The van der Waals surface area contributed by atoms with Gasteiger partial charge >= 0.3 is 5.97 Å². The minimum atomic E-state index is -0.844. The highest BCUT2D eigenvalue weighted by atomic mass is 16.5. The molecule has 0 aliphatic heterocycles. The van der Waals surface area contributed by atoms with Crippen LogP contribution in [-0.4, -0.2) is 47.4 Å². The van der Waals surface area contributed by atoms with Gasteiger partial charge < -0.3 is 20.3 Å². The average molecular weight is 1170 g/mol. The largest absolute Gasteiger partial charge is 0.466 e. The molecule has 0 aromatic heterocycles. The maximum Gasteiger partial charge on any atom is 0.305 e. The molecule has 0 fully saturated rings. The first-order chi connectivity index (χ1) is 41.0. The summed E-state index contributed by atoms with van der Waals surface area (Å²) in [4.78, 5) is 24.5. The van der Waals surface area contributed by atoms with E-state index in [2.05, 4.69) is 55.6 Å². The van der Waals surface area contributed by atoms with Crippen LogP contribution in [-0.2, 0) is 14.3 Å². The van der Waals surface area contributed by atoms with Crippen LogP contribution in [0.2, 0.25) is 0 Å². The fourth-order valence-electron chi connectivity index (χ4n) is 11.6. The summed E-state index contributed by atoms with van der Waals surface area (Å²) in [5.41, 5.74) is 0. The molecule has 0 heterocycles. The first-order valence-corrected chi connectivity index (χ1v) is 37.4. The van der Waals surface area contributed by atoms with Crippen molar-refractivity contribution in [1.29, 1.82) is 0 Å². The van der Waals surface area contributed by atoms with Crippen LogP contribution < -0.4 is 5.32 Å². The van der Waals surface area contributed by atoms with Gasteiger partial charge in [-0.25, -0.2) is 0 Å². The lowest BCUT2D eigenvalue weighted by Gasteiger charge is -2.20. The Balaban J connectivity index is 3.40. The first kappa shape index (κ1) is 80.8. The summed E-state index contributed by atoms with van der Waals surface area (Å²) in [5, 5.41) is 23.2. The summed E-state index contributed by atoms with van der Waals surface area (Å²) in [6.45, 7) is 4.91. The standard InChI is InChI=1S/C77H145NO5/c1-3-5-7-9-11-13-15-17-18-19-37-40-43-46-49-53-57-61-65-69-75(80)74(73-79)78-76(81)70-66-62-58-54-50-47-44-41-38-35-33-31-29-27-25-23-21-20-22-24-26-28-30-32-34-36-39-42-45-48-52-56-60-64-68-72-83-77(82)71-67-63-59-55-51-16-14-12-10-8-6-4-2/h12,14,22,24,28,30,65,69,74-75,79-80H,3-11,13,15-21,23,25-27,29,31-64,66-68,70-73H2,1-2H3,(H,78,81)/b14-12-,24-22-,30-28-,69-65+. The van der Waals surface area contributed by atoms with Crippen LogP contribution in [0.25, 0.3) is 0 Å². The summed E-state index contributed by atoms with van der Waals surface area (Å²) in [6.07, 6.45) is 95.0. The number of ether oxygens (including phenoxy) is 1. The third-order valence-electron chi connectivity index (χ3n) is 17.3. The Morgan fingerprint density at radius 3 is 0.952 bits per heavy atom. The van der Waals surface area contributed by atoms with Crippen molar-refractivity contribution >= 4 is 11.9 Å². The fraction of sp³-hybridized carbons (Fsp3) is 0.870. The number of hydrogen-bond donors (Lipinski definition) is 3. The second kappa shape index (κ2) is 72.3. The molecule has 1 amide bonds. The van der Waals surface area contributed by atoms with E-state index in [1.807, 2.05) is 6.08 Å². The fourth-order valence-corrected chi connectivity index (χ4v) is 11.6. The number of esters is 1. The van der Waals surface area contributed by atoms with Crippen molar-refractivity contribution in [2.75, 3.05) is 13.2 Å². The van der Waals surface area contributed by atoms with Gasteiger partial charge in [-0.2, -0.15) is 0 Å². The van der Waals surface area contributed by atoms with E-state index in [0.717, 1.165) is 51.4 Å². The van der Waals surface area contributed by atoms with Gasteiger partial charge in [-0.05, 0) is 89.9 Å². The number of carbonyl (C=O) groups is 2. The Kier molecular flexibility index (Phi) is 70.4. The number of carbonyl (C=O) groups excluding carboxylic acids is 2. The topological polar surface area (TPSA) is 95.9 Å². The third-order valence-corrected chi connectivity index (χ3v) is 17.3. The lowest BCUT2D eigenvalue weighted by molar-refractivity contribution is -0.143. The molecule has 6 heteroatoms. The zero-order chi connectivity index (χ0) is 59.9. The van der Waals surface area contributed by atoms with Crippen LogP contribution in [0.3, 0.4) is 0 Å². The van der Waals surface area contributed by atoms with E-state index in [0.29, 0.717) is 19.4 Å². The first-order valence-electron chi connectivity index (χ1n) is 37.4. The van der Waals surface area contributed by atoms with Crippen LogP contribution in [0, 0.1) is 0 Å². The van der Waals surface area contributed by atoms with Crippen LogP contribution in [0.4, 0.5) is 0 Å². The molecule has 83 heavy (non-hydrogen) atoms. The molecule has 0 bridgehead atoms. The third kappa shape index (κ3) is 68.8. The quantitative estimate of drug-likeness (QED) is 0.0320. The molecular weight excluding hydrogens is 1020 g/mol. The summed E-state index contributed by atoms with van der Waals surface area (Å²) in [7, 11) is 0. The van der Waals surface area contributed by atoms with Crippen molar-refractivity contribution in [3.63, 3.8) is 0 Å². The molecule has 3 N–H and O–H groups in total. The van der Waals surface area contributed by atoms with Crippen molar-refractivity contribution in [2.45, 2.75) is 418 Å². The molecule has 0 aliphatic rings. The molecule has 0 saturated heterocycles. The molecule has 0 radical (unpaired) electrons. The second-order valence-electron chi connectivity index (χ2n) is 25.6. The molecule has 0 rings (SSSR count). The van der Waals surface area contributed by atoms with Gasteiger partial charge in [0.05, 0.1) is 25.4 Å². The zero-order valence-electron chi connectivity index (χ0n) is 55.9. The predicted octanol–water partition coefficient (Wildman–Crippen LogP) is 24.4. The van der Waals surface area contributed by atoms with Crippen LogP contribution in [0.5, 0.6) is 0 Å². The molecule has 2 atom stereocenters. The SMILES string of the molecule is CCCCC/C=C\CCCCCCCC(=O)OCCCCCCCCCCCCC/C=C\C/C=C\CCCCCCCCCCCCCCCCCCCC(=O)NC(CO)C(O)/C=C/CCCCCCCCCCCCCCCCCCC. The number of unbranched alkanes of at least 4 members (excludes halogenated alkanes) is 53. The molecule has 0 aromatic rings. The van der Waals surface area contributed by atoms with E-state index in [4.69, 9.17) is 4.74 Å². The van der Waals surface area contributed by atoms with E-state index >= 15 is 0 Å². The molecule has 0 aromatic carbocycles. The average Bonchev–Trinajstić information content (AvgIpc) is 3.49. The Morgan fingerprint density at radius 1 is 0.337 bits per heavy atom. The van der Waals surface area contributed by atoms with Gasteiger partial charge in [0.25, 0.3) is 0 Å². The van der Waals surface area contributed by atoms with Gasteiger partial charge in [0, 0.05) is 12.8 Å². The molecule has 2 unspecified atom stereocenters. The second-order valence-corrected chi connectivity index (χ2v) is 25.6. The lowest BCUT2D eigenvalue weighted by Crippen LogP contribution is -2.45. The van der Waals surface area contributed by atoms with E-state index in [9.17, 15) is 19.8 Å². The summed E-state index contributed by atoms with van der Waals surface area (Å²) in [5.74, 6) is -0.0557. The van der Waals surface area contributed by atoms with Crippen molar-refractivity contribution in [3.8, 4) is 0 Å². The minimum absolute atomic E-state index is 0.00656. The van der Waals surface area contributed by atoms with Crippen molar-refractivity contribution in [1.82, 2.24) is 5.32 Å². The highest BCUT2D eigenvalue weighted by Gasteiger charge is 2.18. The molecule has 488 valence electrons. The number of aliphatic hydroxyl groups excluding tert-OH is 2. The number of amides is 1. The van der Waals surface area contributed by atoms with Gasteiger partial charge in [-0.1, -0.05) is 351 Å². The Bertz CT molecular complexity index is 1390. The van der Waals surface area contributed by atoms with E-state index in [1.54, 1.807) is 6.08 Å². The monoisotopic (exact) mass is 1160 g/mol. The van der Waals surface area contributed by atoms with Crippen molar-refractivity contribution in [2.24, 2.45) is 0 Å². The highest BCUT2D eigenvalue weighted by molar-refractivity contribution is 5.76. The van der Waals surface area contributed by atoms with Crippen molar-refractivity contribution in [3.05, 3.63) is 48.6 Å². The number of aliphatic hydroxyl groups is 2. The smallest absolute Gasteiger partial charge is 0.305 e. The Hall–Kier alpha value is -2.18. The van der Waals surface area contributed by atoms with Gasteiger partial charge in [-0.15, -0.1) is 0 Å². The highest BCUT2D eigenvalue weighted by Crippen LogP contribution is 2.19. The normalized spacial score (nSPS) is 12.8. The van der Waals surface area contributed by atoms with Gasteiger partial charge in [0.2, 0.25) is 5.91 Å². The van der Waals surface area contributed by atoms with Crippen molar-refractivity contribution < 1.29 is 24.5 Å². The molecular formula is C77H145NO5. The minimum Gasteiger partial charge on any atom is -0.466 e. The molecule has 0 saturated carbocycles. The maximum absolute atomic E-state index is 12.5. The zero-order valence-corrected chi connectivity index (χ0v) is 55.9. The van der Waals surface area contributed by atoms with Gasteiger partial charge in [0.15, 0.2) is 0 Å². The van der Waals surface area contributed by atoms with E-state index in [1.165, 1.54) is 327 Å². The number of allylic oxidation sites excluding steroid dienone is 7. The lowest BCUT2D eigenvalue weighted by atomic mass is 10.0. The Labute approximate surface area is 518 Å². The van der Waals surface area contributed by atoms with Crippen LogP contribution in [0.1, 0.15) is 406 Å². The maximum atomic E-state index is 12.5. The Morgan fingerprint density at radius 2 is 0.602 bits per heavy atom. The number of nitrogens with one attached hydrogen (secondary N) is 1. The molecule has 0 aliphatic carbocycles. The van der Waals surface area contributed by atoms with E-state index in [-0.39, 0.29) is 18.5 Å². The number of hydrogen-bond acceptors (Lipinski definition) is 5.